The van der Waals surface area contributed by atoms with E-state index < -0.39 is 17.6 Å². The molecular formula is C23H26F4N2O. The highest BCUT2D eigenvalue weighted by atomic mass is 19.4. The standard InChI is InChI=1S/C23H26F4N2O/c1-28(22(30)20-9-2-3-10-21(20)24)15-18-7-5-12-29(16-18)13-11-17-6-4-8-19(14-17)23(25,26)27/h2-4,6,8-10,14,18H,5,7,11-13,15-16H2,1H3/t18-/m0/s1. The van der Waals surface area contributed by atoms with Gasteiger partial charge in [0, 0.05) is 26.7 Å². The summed E-state index contributed by atoms with van der Waals surface area (Å²) in [4.78, 5) is 16.3. The minimum absolute atomic E-state index is 0.0669. The quantitative estimate of drug-likeness (QED) is 0.620. The van der Waals surface area contributed by atoms with Crippen molar-refractivity contribution in [3.63, 3.8) is 0 Å². The summed E-state index contributed by atoms with van der Waals surface area (Å²) in [5.74, 6) is -0.615. The Morgan fingerprint density at radius 3 is 2.67 bits per heavy atom. The summed E-state index contributed by atoms with van der Waals surface area (Å²) in [7, 11) is 1.68. The minimum Gasteiger partial charge on any atom is -0.341 e. The second-order valence-corrected chi connectivity index (χ2v) is 7.92. The fraction of sp³-hybridized carbons (Fsp3) is 0.435. The van der Waals surface area contributed by atoms with Crippen LogP contribution in [0.4, 0.5) is 17.6 Å². The van der Waals surface area contributed by atoms with Crippen LogP contribution >= 0.6 is 0 Å². The lowest BCUT2D eigenvalue weighted by Crippen LogP contribution is -2.42. The lowest BCUT2D eigenvalue weighted by atomic mass is 9.96. The number of alkyl halides is 3. The summed E-state index contributed by atoms with van der Waals surface area (Å²) in [6.07, 6.45) is -1.86. The molecule has 162 valence electrons. The lowest BCUT2D eigenvalue weighted by molar-refractivity contribution is -0.137. The Balaban J connectivity index is 1.53. The molecule has 30 heavy (non-hydrogen) atoms. The van der Waals surface area contributed by atoms with E-state index in [4.69, 9.17) is 0 Å². The molecule has 0 aliphatic carbocycles. The number of rotatable bonds is 6. The first-order chi connectivity index (χ1) is 14.2. The van der Waals surface area contributed by atoms with E-state index >= 15 is 0 Å². The van der Waals surface area contributed by atoms with Crippen LogP contribution < -0.4 is 0 Å². The van der Waals surface area contributed by atoms with Gasteiger partial charge in [0.15, 0.2) is 0 Å². The van der Waals surface area contributed by atoms with Crippen LogP contribution in [-0.4, -0.2) is 48.9 Å². The van der Waals surface area contributed by atoms with Gasteiger partial charge in [-0.25, -0.2) is 4.39 Å². The molecule has 0 radical (unpaired) electrons. The molecule has 0 spiro atoms. The molecule has 2 aromatic carbocycles. The smallest absolute Gasteiger partial charge is 0.341 e. The average Bonchev–Trinajstić information content (AvgIpc) is 2.72. The van der Waals surface area contributed by atoms with Crippen LogP contribution in [-0.2, 0) is 12.6 Å². The number of halogens is 4. The van der Waals surface area contributed by atoms with Gasteiger partial charge in [0.1, 0.15) is 5.82 Å². The number of piperidine rings is 1. The summed E-state index contributed by atoms with van der Waals surface area (Å²) in [5, 5.41) is 0. The van der Waals surface area contributed by atoms with Crippen molar-refractivity contribution in [3.05, 3.63) is 71.0 Å². The van der Waals surface area contributed by atoms with Crippen molar-refractivity contribution in [2.45, 2.75) is 25.4 Å². The SMILES string of the molecule is CN(C[C@@H]1CCCN(CCc2cccc(C(F)(F)F)c2)C1)C(=O)c1ccccc1F. The van der Waals surface area contributed by atoms with Gasteiger partial charge in [-0.1, -0.05) is 30.3 Å². The largest absolute Gasteiger partial charge is 0.416 e. The molecule has 0 N–H and O–H groups in total. The number of hydrogen-bond donors (Lipinski definition) is 0. The molecule has 0 saturated carbocycles. The van der Waals surface area contributed by atoms with Crippen LogP contribution in [0, 0.1) is 11.7 Å². The molecule has 1 aliphatic heterocycles. The fourth-order valence-corrected chi connectivity index (χ4v) is 4.00. The van der Waals surface area contributed by atoms with Crippen LogP contribution in [0.2, 0.25) is 0 Å². The molecule has 1 atom stereocenters. The van der Waals surface area contributed by atoms with E-state index in [1.54, 1.807) is 30.1 Å². The third kappa shape index (κ3) is 5.81. The van der Waals surface area contributed by atoms with Crippen molar-refractivity contribution in [3.8, 4) is 0 Å². The van der Waals surface area contributed by atoms with Gasteiger partial charge in [0.05, 0.1) is 11.1 Å². The van der Waals surface area contributed by atoms with Crippen molar-refractivity contribution in [2.24, 2.45) is 5.92 Å². The highest BCUT2D eigenvalue weighted by Crippen LogP contribution is 2.29. The molecule has 0 bridgehead atoms. The molecule has 7 heteroatoms. The zero-order valence-electron chi connectivity index (χ0n) is 17.0. The summed E-state index contributed by atoms with van der Waals surface area (Å²) < 4.78 is 52.5. The zero-order chi connectivity index (χ0) is 21.7. The first kappa shape index (κ1) is 22.3. The van der Waals surface area contributed by atoms with E-state index in [1.807, 2.05) is 0 Å². The van der Waals surface area contributed by atoms with Crippen LogP contribution in [0.5, 0.6) is 0 Å². The van der Waals surface area contributed by atoms with Gasteiger partial charge in [0.2, 0.25) is 0 Å². The minimum atomic E-state index is -4.33. The van der Waals surface area contributed by atoms with Crippen molar-refractivity contribution >= 4 is 5.91 Å². The molecular weight excluding hydrogens is 396 g/mol. The molecule has 1 fully saturated rings. The van der Waals surface area contributed by atoms with Gasteiger partial charge >= 0.3 is 6.18 Å². The number of benzene rings is 2. The second-order valence-electron chi connectivity index (χ2n) is 7.92. The molecule has 3 nitrogen and oxygen atoms in total. The lowest BCUT2D eigenvalue weighted by Gasteiger charge is -2.34. The predicted molar refractivity (Wildman–Crippen MR) is 108 cm³/mol. The van der Waals surface area contributed by atoms with Gasteiger partial charge < -0.3 is 9.80 Å². The van der Waals surface area contributed by atoms with E-state index in [-0.39, 0.29) is 17.4 Å². The number of likely N-dealkylation sites (tertiary alicyclic amines) is 1. The number of nitrogens with zero attached hydrogens (tertiary/aromatic N) is 2. The van der Waals surface area contributed by atoms with Crippen molar-refractivity contribution in [1.82, 2.24) is 9.80 Å². The number of carbonyl (C=O) groups excluding carboxylic acids is 1. The van der Waals surface area contributed by atoms with Crippen molar-refractivity contribution in [2.75, 3.05) is 33.2 Å². The Morgan fingerprint density at radius 2 is 1.93 bits per heavy atom. The molecule has 2 aromatic rings. The maximum atomic E-state index is 13.9. The van der Waals surface area contributed by atoms with Gasteiger partial charge in [0.25, 0.3) is 5.91 Å². The van der Waals surface area contributed by atoms with Crippen LogP contribution in [0.1, 0.15) is 34.3 Å². The van der Waals surface area contributed by atoms with Gasteiger partial charge in [-0.2, -0.15) is 13.2 Å². The Morgan fingerprint density at radius 1 is 1.17 bits per heavy atom. The van der Waals surface area contributed by atoms with Crippen LogP contribution in [0.3, 0.4) is 0 Å². The molecule has 1 amide bonds. The number of amides is 1. The molecule has 0 aromatic heterocycles. The first-order valence-electron chi connectivity index (χ1n) is 10.1. The normalized spacial score (nSPS) is 17.7. The topological polar surface area (TPSA) is 23.6 Å². The second kappa shape index (κ2) is 9.60. The summed E-state index contributed by atoms with van der Waals surface area (Å²) in [6.45, 7) is 2.85. The summed E-state index contributed by atoms with van der Waals surface area (Å²) in [5.41, 5.74) is 0.112. The van der Waals surface area contributed by atoms with Crippen molar-refractivity contribution in [1.29, 1.82) is 0 Å². The monoisotopic (exact) mass is 422 g/mol. The Labute approximate surface area is 174 Å². The Bertz CT molecular complexity index is 868. The predicted octanol–water partition coefficient (Wildman–Crippen LogP) is 4.87. The maximum absolute atomic E-state index is 13.9. The molecule has 3 rings (SSSR count). The van der Waals surface area contributed by atoms with Crippen LogP contribution in [0.15, 0.2) is 48.5 Å². The number of carbonyl (C=O) groups is 1. The molecule has 1 heterocycles. The highest BCUT2D eigenvalue weighted by molar-refractivity contribution is 5.94. The maximum Gasteiger partial charge on any atom is 0.416 e. The van der Waals surface area contributed by atoms with E-state index in [2.05, 4.69) is 4.90 Å². The van der Waals surface area contributed by atoms with Gasteiger partial charge in [-0.05, 0) is 55.5 Å². The summed E-state index contributed by atoms with van der Waals surface area (Å²) >= 11 is 0. The van der Waals surface area contributed by atoms with E-state index in [0.717, 1.165) is 32.0 Å². The number of hydrogen-bond acceptors (Lipinski definition) is 2. The third-order valence-electron chi connectivity index (χ3n) is 5.56. The van der Waals surface area contributed by atoms with Crippen LogP contribution in [0.25, 0.3) is 0 Å². The van der Waals surface area contributed by atoms with E-state index in [1.165, 1.54) is 24.3 Å². The Hall–Kier alpha value is -2.41. The highest BCUT2D eigenvalue weighted by Gasteiger charge is 2.30. The summed E-state index contributed by atoms with van der Waals surface area (Å²) in [6, 6.07) is 11.4. The first-order valence-corrected chi connectivity index (χ1v) is 10.1. The fourth-order valence-electron chi connectivity index (χ4n) is 4.00. The molecule has 0 unspecified atom stereocenters. The third-order valence-corrected chi connectivity index (χ3v) is 5.56. The van der Waals surface area contributed by atoms with Gasteiger partial charge in [-0.3, -0.25) is 4.79 Å². The molecule has 1 aliphatic rings. The molecule has 1 saturated heterocycles. The Kier molecular flexibility index (Phi) is 7.13. The average molecular weight is 422 g/mol. The van der Waals surface area contributed by atoms with Crippen molar-refractivity contribution < 1.29 is 22.4 Å². The van der Waals surface area contributed by atoms with E-state index in [0.29, 0.717) is 25.1 Å². The van der Waals surface area contributed by atoms with Gasteiger partial charge in [-0.15, -0.1) is 0 Å². The van der Waals surface area contributed by atoms with E-state index in [9.17, 15) is 22.4 Å². The zero-order valence-corrected chi connectivity index (χ0v) is 17.0.